The van der Waals surface area contributed by atoms with Crippen LogP contribution in [0.5, 0.6) is 0 Å². The molecule has 0 atom stereocenters. The Labute approximate surface area is 114 Å². The fraction of sp³-hybridized carbons (Fsp3) is 0.533. The van der Waals surface area contributed by atoms with E-state index in [4.69, 9.17) is 5.73 Å². The van der Waals surface area contributed by atoms with Crippen LogP contribution >= 0.6 is 0 Å². The number of aryl methyl sites for hydroxylation is 1. The van der Waals surface area contributed by atoms with E-state index in [1.165, 1.54) is 12.1 Å². The van der Waals surface area contributed by atoms with Gasteiger partial charge >= 0.3 is 0 Å². The molecule has 0 radical (unpaired) electrons. The third-order valence-corrected chi connectivity index (χ3v) is 3.21. The van der Waals surface area contributed by atoms with Crippen molar-refractivity contribution in [1.82, 2.24) is 5.32 Å². The summed E-state index contributed by atoms with van der Waals surface area (Å²) in [7, 11) is 0. The van der Waals surface area contributed by atoms with Gasteiger partial charge in [0.1, 0.15) is 5.82 Å². The summed E-state index contributed by atoms with van der Waals surface area (Å²) in [6, 6.07) is 4.39. The van der Waals surface area contributed by atoms with Gasteiger partial charge < -0.3 is 11.1 Å². The molecule has 3 nitrogen and oxygen atoms in total. The van der Waals surface area contributed by atoms with Gasteiger partial charge in [-0.25, -0.2) is 4.39 Å². The molecule has 0 aliphatic rings. The molecule has 0 spiro atoms. The lowest BCUT2D eigenvalue weighted by Crippen LogP contribution is -2.34. The number of carbonyl (C=O) groups is 1. The zero-order valence-electron chi connectivity index (χ0n) is 11.9. The Morgan fingerprint density at radius 1 is 1.42 bits per heavy atom. The minimum absolute atomic E-state index is 0.0180. The number of amides is 1. The number of carbonyl (C=O) groups excluding carboxylic acids is 1. The molecular formula is C15H23FN2O. The van der Waals surface area contributed by atoms with Crippen LogP contribution in [0.1, 0.15) is 42.6 Å². The van der Waals surface area contributed by atoms with E-state index in [1.54, 1.807) is 13.0 Å². The van der Waals surface area contributed by atoms with E-state index >= 15 is 0 Å². The lowest BCUT2D eigenvalue weighted by Gasteiger charge is -2.24. The zero-order valence-corrected chi connectivity index (χ0v) is 11.9. The van der Waals surface area contributed by atoms with Crippen LogP contribution in [-0.2, 0) is 0 Å². The van der Waals surface area contributed by atoms with Crippen LogP contribution in [0.4, 0.5) is 4.39 Å². The van der Waals surface area contributed by atoms with Crippen molar-refractivity contribution in [1.29, 1.82) is 0 Å². The second-order valence-electron chi connectivity index (χ2n) is 5.70. The van der Waals surface area contributed by atoms with Crippen LogP contribution in [0.25, 0.3) is 0 Å². The highest BCUT2D eigenvalue weighted by molar-refractivity contribution is 5.94. The monoisotopic (exact) mass is 266 g/mol. The summed E-state index contributed by atoms with van der Waals surface area (Å²) in [5, 5.41) is 2.89. The number of benzene rings is 1. The second kappa shape index (κ2) is 6.66. The van der Waals surface area contributed by atoms with E-state index < -0.39 is 0 Å². The van der Waals surface area contributed by atoms with Crippen molar-refractivity contribution in [3.63, 3.8) is 0 Å². The molecule has 0 fully saturated rings. The molecule has 0 aliphatic carbocycles. The van der Waals surface area contributed by atoms with Gasteiger partial charge in [0.25, 0.3) is 5.91 Å². The number of rotatable bonds is 6. The van der Waals surface area contributed by atoms with Crippen molar-refractivity contribution in [2.75, 3.05) is 13.1 Å². The van der Waals surface area contributed by atoms with Crippen molar-refractivity contribution >= 4 is 5.91 Å². The zero-order chi connectivity index (χ0) is 14.5. The van der Waals surface area contributed by atoms with Crippen LogP contribution in [0.3, 0.4) is 0 Å². The molecule has 3 N–H and O–H groups in total. The van der Waals surface area contributed by atoms with Gasteiger partial charge in [0.05, 0.1) is 0 Å². The largest absolute Gasteiger partial charge is 0.352 e. The van der Waals surface area contributed by atoms with Crippen LogP contribution in [-0.4, -0.2) is 19.0 Å². The van der Waals surface area contributed by atoms with Gasteiger partial charge in [-0.3, -0.25) is 4.79 Å². The van der Waals surface area contributed by atoms with Crippen molar-refractivity contribution in [2.45, 2.75) is 33.6 Å². The summed E-state index contributed by atoms with van der Waals surface area (Å²) in [4.78, 5) is 12.0. The number of nitrogens with one attached hydrogen (secondary N) is 1. The maximum absolute atomic E-state index is 13.1. The molecule has 0 saturated heterocycles. The molecule has 19 heavy (non-hydrogen) atoms. The number of halogens is 1. The number of hydrogen-bond acceptors (Lipinski definition) is 2. The SMILES string of the molecule is Cc1cc(C(=O)NCC(C)(C)CCCN)ccc1F. The fourth-order valence-corrected chi connectivity index (χ4v) is 1.88. The van der Waals surface area contributed by atoms with Gasteiger partial charge in [0.15, 0.2) is 0 Å². The summed E-state index contributed by atoms with van der Waals surface area (Å²) in [6.07, 6.45) is 1.91. The summed E-state index contributed by atoms with van der Waals surface area (Å²) in [5.41, 5.74) is 6.48. The van der Waals surface area contributed by atoms with Gasteiger partial charge in [0.2, 0.25) is 0 Å². The predicted octanol–water partition coefficient (Wildman–Crippen LogP) is 2.63. The molecule has 0 bridgehead atoms. The Balaban J connectivity index is 2.57. The molecule has 0 heterocycles. The number of nitrogens with two attached hydrogens (primary N) is 1. The van der Waals surface area contributed by atoms with Crippen LogP contribution in [0.2, 0.25) is 0 Å². The average molecular weight is 266 g/mol. The lowest BCUT2D eigenvalue weighted by molar-refractivity contribution is 0.0934. The quantitative estimate of drug-likeness (QED) is 0.831. The normalized spacial score (nSPS) is 11.4. The third kappa shape index (κ3) is 4.99. The lowest BCUT2D eigenvalue weighted by atomic mass is 9.87. The van der Waals surface area contributed by atoms with E-state index in [-0.39, 0.29) is 17.1 Å². The predicted molar refractivity (Wildman–Crippen MR) is 75.5 cm³/mol. The third-order valence-electron chi connectivity index (χ3n) is 3.21. The van der Waals surface area contributed by atoms with Crippen LogP contribution < -0.4 is 11.1 Å². The first-order chi connectivity index (χ1) is 8.85. The van der Waals surface area contributed by atoms with Gasteiger partial charge in [-0.15, -0.1) is 0 Å². The maximum atomic E-state index is 13.1. The van der Waals surface area contributed by atoms with Gasteiger partial charge in [-0.1, -0.05) is 13.8 Å². The van der Waals surface area contributed by atoms with Crippen LogP contribution in [0.15, 0.2) is 18.2 Å². The minimum Gasteiger partial charge on any atom is -0.352 e. The Kier molecular flexibility index (Phi) is 5.48. The first-order valence-corrected chi connectivity index (χ1v) is 6.60. The molecule has 0 saturated carbocycles. The van der Waals surface area contributed by atoms with Crippen molar-refractivity contribution < 1.29 is 9.18 Å². The van der Waals surface area contributed by atoms with E-state index in [9.17, 15) is 9.18 Å². The summed E-state index contributed by atoms with van der Waals surface area (Å²) < 4.78 is 13.1. The summed E-state index contributed by atoms with van der Waals surface area (Å²) in [6.45, 7) is 7.09. The topological polar surface area (TPSA) is 55.1 Å². The van der Waals surface area contributed by atoms with Crippen molar-refractivity contribution in [2.24, 2.45) is 11.1 Å². The molecule has 1 aromatic rings. The molecule has 4 heteroatoms. The molecule has 1 aromatic carbocycles. The molecule has 0 aromatic heterocycles. The minimum atomic E-state index is -0.292. The first-order valence-electron chi connectivity index (χ1n) is 6.60. The van der Waals surface area contributed by atoms with Gasteiger partial charge in [0, 0.05) is 12.1 Å². The van der Waals surface area contributed by atoms with Crippen molar-refractivity contribution in [3.8, 4) is 0 Å². The van der Waals surface area contributed by atoms with E-state index in [2.05, 4.69) is 19.2 Å². The Morgan fingerprint density at radius 3 is 2.68 bits per heavy atom. The van der Waals surface area contributed by atoms with Gasteiger partial charge in [-0.2, -0.15) is 0 Å². The fourth-order valence-electron chi connectivity index (χ4n) is 1.88. The molecule has 1 amide bonds. The molecular weight excluding hydrogens is 243 g/mol. The van der Waals surface area contributed by atoms with E-state index in [1.807, 2.05) is 0 Å². The summed E-state index contributed by atoms with van der Waals surface area (Å²) >= 11 is 0. The average Bonchev–Trinajstić information content (AvgIpc) is 2.37. The Hall–Kier alpha value is -1.42. The molecule has 0 aliphatic heterocycles. The summed E-state index contributed by atoms with van der Waals surface area (Å²) in [5.74, 6) is -0.455. The molecule has 0 unspecified atom stereocenters. The van der Waals surface area contributed by atoms with E-state index in [0.29, 0.717) is 24.2 Å². The van der Waals surface area contributed by atoms with Gasteiger partial charge in [-0.05, 0) is 55.5 Å². The highest BCUT2D eigenvalue weighted by Crippen LogP contribution is 2.20. The Bertz CT molecular complexity index is 444. The Morgan fingerprint density at radius 2 is 2.11 bits per heavy atom. The smallest absolute Gasteiger partial charge is 0.251 e. The first kappa shape index (κ1) is 15.6. The maximum Gasteiger partial charge on any atom is 0.251 e. The van der Waals surface area contributed by atoms with Crippen LogP contribution in [0, 0.1) is 18.2 Å². The highest BCUT2D eigenvalue weighted by atomic mass is 19.1. The van der Waals surface area contributed by atoms with Crippen molar-refractivity contribution in [3.05, 3.63) is 35.1 Å². The highest BCUT2D eigenvalue weighted by Gasteiger charge is 2.18. The standard InChI is InChI=1S/C15H23FN2O/c1-11-9-12(5-6-13(11)16)14(19)18-10-15(2,3)7-4-8-17/h5-6,9H,4,7-8,10,17H2,1-3H3,(H,18,19). The number of hydrogen-bond donors (Lipinski definition) is 2. The van der Waals surface area contributed by atoms with E-state index in [0.717, 1.165) is 12.8 Å². The molecule has 1 rings (SSSR count). The second-order valence-corrected chi connectivity index (χ2v) is 5.70. The molecule has 106 valence electrons.